The van der Waals surface area contributed by atoms with Crippen molar-refractivity contribution in [2.75, 3.05) is 11.9 Å². The minimum absolute atomic E-state index is 0.00236. The molecule has 0 aliphatic heterocycles. The first kappa shape index (κ1) is 18.4. The summed E-state index contributed by atoms with van der Waals surface area (Å²) < 4.78 is 27.5. The van der Waals surface area contributed by atoms with Gasteiger partial charge in [0, 0.05) is 35.5 Å². The number of hydrogen-bond acceptors (Lipinski definition) is 5. The minimum Gasteiger partial charge on any atom is -0.326 e. The summed E-state index contributed by atoms with van der Waals surface area (Å²) in [5, 5.41) is 2.72. The third-order valence-corrected chi connectivity index (χ3v) is 5.53. The Kier molecular flexibility index (Phi) is 5.60. The standard InChI is InChI=1S/C17H15BrN4O3S/c18-12-1-4-14(5-2-12)26(24,25)21-8-7-17(23)22-13-3-6-15-16(11-13)20-10-9-19-15/h1-6,9-11,21H,7-8H2,(H,22,23). The van der Waals surface area contributed by atoms with Crippen molar-refractivity contribution in [3.63, 3.8) is 0 Å². The van der Waals surface area contributed by atoms with Crippen LogP contribution in [0.25, 0.3) is 11.0 Å². The van der Waals surface area contributed by atoms with Gasteiger partial charge in [-0.3, -0.25) is 14.8 Å². The highest BCUT2D eigenvalue weighted by molar-refractivity contribution is 9.10. The largest absolute Gasteiger partial charge is 0.326 e. The maximum atomic E-state index is 12.2. The molecule has 0 saturated heterocycles. The topological polar surface area (TPSA) is 101 Å². The molecule has 0 radical (unpaired) electrons. The highest BCUT2D eigenvalue weighted by Gasteiger charge is 2.14. The van der Waals surface area contributed by atoms with E-state index >= 15 is 0 Å². The zero-order chi connectivity index (χ0) is 18.6. The fraction of sp³-hybridized carbons (Fsp3) is 0.118. The summed E-state index contributed by atoms with van der Waals surface area (Å²) in [6.45, 7) is -0.00236. The Labute approximate surface area is 159 Å². The van der Waals surface area contributed by atoms with Gasteiger partial charge in [-0.2, -0.15) is 0 Å². The van der Waals surface area contributed by atoms with Crippen LogP contribution in [0.15, 0.2) is 64.2 Å². The second-order valence-electron chi connectivity index (χ2n) is 5.41. The molecule has 2 N–H and O–H groups in total. The number of amides is 1. The lowest BCUT2D eigenvalue weighted by Gasteiger charge is -2.08. The monoisotopic (exact) mass is 434 g/mol. The van der Waals surface area contributed by atoms with E-state index in [1.54, 1.807) is 42.7 Å². The molecule has 3 aromatic rings. The number of rotatable bonds is 6. The van der Waals surface area contributed by atoms with Crippen LogP contribution in [-0.2, 0) is 14.8 Å². The lowest BCUT2D eigenvalue weighted by Crippen LogP contribution is -2.27. The van der Waals surface area contributed by atoms with E-state index in [-0.39, 0.29) is 23.8 Å². The number of halogens is 1. The summed E-state index contributed by atoms with van der Waals surface area (Å²) in [4.78, 5) is 20.5. The first-order chi connectivity index (χ1) is 12.4. The molecule has 2 aromatic carbocycles. The van der Waals surface area contributed by atoms with Crippen LogP contribution in [0.4, 0.5) is 5.69 Å². The molecule has 0 atom stereocenters. The lowest BCUT2D eigenvalue weighted by atomic mass is 10.2. The van der Waals surface area contributed by atoms with Crippen molar-refractivity contribution in [2.45, 2.75) is 11.3 Å². The Balaban J connectivity index is 1.55. The summed E-state index contributed by atoms with van der Waals surface area (Å²) in [6, 6.07) is 11.5. The maximum Gasteiger partial charge on any atom is 0.240 e. The molecule has 134 valence electrons. The number of nitrogens with zero attached hydrogens (tertiary/aromatic N) is 2. The summed E-state index contributed by atoms with van der Waals surface area (Å²) in [7, 11) is -3.64. The van der Waals surface area contributed by atoms with Crippen molar-refractivity contribution in [3.8, 4) is 0 Å². The predicted octanol–water partition coefficient (Wildman–Crippen LogP) is 2.70. The van der Waals surface area contributed by atoms with E-state index in [0.717, 1.165) is 9.99 Å². The number of aromatic nitrogens is 2. The number of sulfonamides is 1. The molecule has 0 saturated carbocycles. The molecule has 1 amide bonds. The molecule has 0 bridgehead atoms. The fourth-order valence-corrected chi connectivity index (χ4v) is 3.56. The number of fused-ring (bicyclic) bond motifs is 1. The zero-order valence-corrected chi connectivity index (χ0v) is 15.9. The fourth-order valence-electron chi connectivity index (χ4n) is 2.26. The molecule has 0 unspecified atom stereocenters. The Bertz CT molecular complexity index is 1040. The van der Waals surface area contributed by atoms with Gasteiger partial charge in [-0.1, -0.05) is 15.9 Å². The van der Waals surface area contributed by atoms with E-state index in [1.807, 2.05) is 0 Å². The molecular formula is C17H15BrN4O3S. The molecule has 9 heteroatoms. The third-order valence-electron chi connectivity index (χ3n) is 3.52. The molecule has 0 aliphatic carbocycles. The third kappa shape index (κ3) is 4.63. The van der Waals surface area contributed by atoms with Crippen molar-refractivity contribution in [1.29, 1.82) is 0 Å². The normalized spacial score (nSPS) is 11.4. The molecule has 1 aromatic heterocycles. The lowest BCUT2D eigenvalue weighted by molar-refractivity contribution is -0.116. The number of nitrogens with one attached hydrogen (secondary N) is 2. The maximum absolute atomic E-state index is 12.2. The zero-order valence-electron chi connectivity index (χ0n) is 13.5. The van der Waals surface area contributed by atoms with Crippen molar-refractivity contribution in [3.05, 3.63) is 59.3 Å². The van der Waals surface area contributed by atoms with Crippen LogP contribution in [0.1, 0.15) is 6.42 Å². The molecule has 26 heavy (non-hydrogen) atoms. The predicted molar refractivity (Wildman–Crippen MR) is 102 cm³/mol. The van der Waals surface area contributed by atoms with Gasteiger partial charge in [0.25, 0.3) is 0 Å². The van der Waals surface area contributed by atoms with Gasteiger partial charge in [0.15, 0.2) is 0 Å². The highest BCUT2D eigenvalue weighted by atomic mass is 79.9. The second kappa shape index (κ2) is 7.90. The second-order valence-corrected chi connectivity index (χ2v) is 8.09. The van der Waals surface area contributed by atoms with Crippen LogP contribution in [-0.4, -0.2) is 30.8 Å². The average molecular weight is 435 g/mol. The molecule has 0 spiro atoms. The number of carbonyl (C=O) groups excluding carboxylic acids is 1. The summed E-state index contributed by atoms with van der Waals surface area (Å²) in [6.07, 6.45) is 3.18. The smallest absolute Gasteiger partial charge is 0.240 e. The summed E-state index contributed by atoms with van der Waals surface area (Å²) >= 11 is 3.25. The molecule has 0 fully saturated rings. The minimum atomic E-state index is -3.64. The number of anilines is 1. The first-order valence-corrected chi connectivity index (χ1v) is 9.97. The number of hydrogen-bond donors (Lipinski definition) is 2. The van der Waals surface area contributed by atoms with Gasteiger partial charge in [0.1, 0.15) is 0 Å². The Morgan fingerprint density at radius 3 is 2.42 bits per heavy atom. The van der Waals surface area contributed by atoms with E-state index in [2.05, 4.69) is 35.9 Å². The van der Waals surface area contributed by atoms with Crippen molar-refractivity contribution in [1.82, 2.24) is 14.7 Å². The van der Waals surface area contributed by atoms with Crippen molar-refractivity contribution >= 4 is 48.6 Å². The Hall–Kier alpha value is -2.36. The van der Waals surface area contributed by atoms with Crippen molar-refractivity contribution in [2.24, 2.45) is 0 Å². The highest BCUT2D eigenvalue weighted by Crippen LogP contribution is 2.16. The first-order valence-electron chi connectivity index (χ1n) is 7.70. The molecule has 0 aliphatic rings. The molecule has 3 rings (SSSR count). The van der Waals surface area contributed by atoms with Gasteiger partial charge < -0.3 is 5.32 Å². The number of benzene rings is 2. The van der Waals surface area contributed by atoms with E-state index in [0.29, 0.717) is 11.2 Å². The van der Waals surface area contributed by atoms with Gasteiger partial charge in [0.05, 0.1) is 15.9 Å². The van der Waals surface area contributed by atoms with Crippen LogP contribution < -0.4 is 10.0 Å². The molecule has 1 heterocycles. The van der Waals surface area contributed by atoms with Crippen LogP contribution in [0.3, 0.4) is 0 Å². The Morgan fingerprint density at radius 2 is 1.69 bits per heavy atom. The summed E-state index contributed by atoms with van der Waals surface area (Å²) in [5.41, 5.74) is 1.98. The van der Waals surface area contributed by atoms with Gasteiger partial charge >= 0.3 is 0 Å². The Morgan fingerprint density at radius 1 is 1.00 bits per heavy atom. The summed E-state index contributed by atoms with van der Waals surface area (Å²) in [5.74, 6) is -0.299. The van der Waals surface area contributed by atoms with Gasteiger partial charge in [-0.25, -0.2) is 13.1 Å². The van der Waals surface area contributed by atoms with Gasteiger partial charge in [-0.05, 0) is 42.5 Å². The SMILES string of the molecule is O=C(CCNS(=O)(=O)c1ccc(Br)cc1)Nc1ccc2nccnc2c1. The molecule has 7 nitrogen and oxygen atoms in total. The van der Waals surface area contributed by atoms with E-state index < -0.39 is 10.0 Å². The van der Waals surface area contributed by atoms with Gasteiger partial charge in [-0.15, -0.1) is 0 Å². The van der Waals surface area contributed by atoms with E-state index in [9.17, 15) is 13.2 Å². The quantitative estimate of drug-likeness (QED) is 0.620. The van der Waals surface area contributed by atoms with Crippen LogP contribution >= 0.6 is 15.9 Å². The van der Waals surface area contributed by atoms with E-state index in [4.69, 9.17) is 0 Å². The van der Waals surface area contributed by atoms with Crippen LogP contribution in [0.2, 0.25) is 0 Å². The average Bonchev–Trinajstić information content (AvgIpc) is 2.62. The number of carbonyl (C=O) groups is 1. The molecular weight excluding hydrogens is 420 g/mol. The van der Waals surface area contributed by atoms with E-state index in [1.165, 1.54) is 12.1 Å². The van der Waals surface area contributed by atoms with Crippen molar-refractivity contribution < 1.29 is 13.2 Å². The van der Waals surface area contributed by atoms with Gasteiger partial charge in [0.2, 0.25) is 15.9 Å². The van der Waals surface area contributed by atoms with Crippen LogP contribution in [0.5, 0.6) is 0 Å². The van der Waals surface area contributed by atoms with Crippen LogP contribution in [0, 0.1) is 0 Å².